The van der Waals surface area contributed by atoms with Crippen molar-refractivity contribution in [3.05, 3.63) is 11.6 Å². The summed E-state index contributed by atoms with van der Waals surface area (Å²) in [5, 5.41) is 12.2. The highest BCUT2D eigenvalue weighted by Gasteiger charge is 2.29. The van der Waals surface area contributed by atoms with Gasteiger partial charge in [-0.05, 0) is 19.3 Å². The summed E-state index contributed by atoms with van der Waals surface area (Å²) >= 11 is 0. The molecule has 1 aromatic heterocycles. The molecule has 1 aliphatic heterocycles. The van der Waals surface area contributed by atoms with E-state index in [1.165, 1.54) is 25.1 Å². The van der Waals surface area contributed by atoms with Gasteiger partial charge < -0.3 is 9.88 Å². The van der Waals surface area contributed by atoms with Crippen molar-refractivity contribution in [2.45, 2.75) is 51.1 Å². The Morgan fingerprint density at radius 1 is 1.33 bits per heavy atom. The Labute approximate surface area is 90.1 Å². The lowest BCUT2D eigenvalue weighted by molar-refractivity contribution is 0.357. The minimum Gasteiger partial charge on any atom is -0.312 e. The number of nitrogens with zero attached hydrogens (tertiary/aromatic N) is 3. The fourth-order valence-electron chi connectivity index (χ4n) is 2.55. The van der Waals surface area contributed by atoms with Crippen LogP contribution in [0.3, 0.4) is 0 Å². The Bertz CT molecular complexity index is 340. The Hall–Kier alpha value is -0.900. The van der Waals surface area contributed by atoms with Gasteiger partial charge in [0.2, 0.25) is 0 Å². The van der Waals surface area contributed by atoms with E-state index in [-0.39, 0.29) is 0 Å². The molecule has 0 saturated heterocycles. The van der Waals surface area contributed by atoms with Gasteiger partial charge in [0.05, 0.1) is 6.04 Å². The number of rotatable bonds is 2. The third kappa shape index (κ3) is 1.39. The maximum Gasteiger partial charge on any atom is 0.150 e. The molecular weight excluding hydrogens is 188 g/mol. The fraction of sp³-hybridized carbons (Fsp3) is 0.818. The van der Waals surface area contributed by atoms with Gasteiger partial charge in [0.1, 0.15) is 11.6 Å². The molecule has 1 atom stereocenters. The maximum absolute atomic E-state index is 4.39. The standard InChI is InChI=1S/C11H18N4/c1-2-9-11-14-13-10(8-4-3-5-8)15(11)7-6-12-9/h8-9,12H,2-7H2,1H3. The van der Waals surface area contributed by atoms with Gasteiger partial charge in [-0.1, -0.05) is 13.3 Å². The predicted octanol–water partition coefficient (Wildman–Crippen LogP) is 1.60. The zero-order chi connectivity index (χ0) is 10.3. The molecule has 1 fully saturated rings. The lowest BCUT2D eigenvalue weighted by atomic mass is 9.84. The van der Waals surface area contributed by atoms with E-state index in [2.05, 4.69) is 27.0 Å². The van der Waals surface area contributed by atoms with Gasteiger partial charge >= 0.3 is 0 Å². The van der Waals surface area contributed by atoms with Crippen LogP contribution >= 0.6 is 0 Å². The molecule has 0 amide bonds. The van der Waals surface area contributed by atoms with Crippen LogP contribution in [-0.2, 0) is 6.54 Å². The zero-order valence-corrected chi connectivity index (χ0v) is 9.24. The van der Waals surface area contributed by atoms with E-state index in [0.717, 1.165) is 25.3 Å². The van der Waals surface area contributed by atoms with Crippen molar-refractivity contribution in [3.63, 3.8) is 0 Å². The topological polar surface area (TPSA) is 42.7 Å². The van der Waals surface area contributed by atoms with Crippen molar-refractivity contribution < 1.29 is 0 Å². The van der Waals surface area contributed by atoms with Crippen LogP contribution in [0, 0.1) is 0 Å². The van der Waals surface area contributed by atoms with Crippen LogP contribution in [0.5, 0.6) is 0 Å². The molecule has 1 saturated carbocycles. The Morgan fingerprint density at radius 2 is 2.13 bits per heavy atom. The van der Waals surface area contributed by atoms with Gasteiger partial charge in [-0.15, -0.1) is 10.2 Å². The molecular formula is C11H18N4. The summed E-state index contributed by atoms with van der Waals surface area (Å²) < 4.78 is 2.36. The van der Waals surface area contributed by atoms with Crippen LogP contribution in [-0.4, -0.2) is 21.3 Å². The van der Waals surface area contributed by atoms with Crippen molar-refractivity contribution >= 4 is 0 Å². The van der Waals surface area contributed by atoms with Crippen molar-refractivity contribution in [2.75, 3.05) is 6.54 Å². The molecule has 0 bridgehead atoms. The van der Waals surface area contributed by atoms with Crippen LogP contribution in [0.25, 0.3) is 0 Å². The monoisotopic (exact) mass is 206 g/mol. The van der Waals surface area contributed by atoms with E-state index < -0.39 is 0 Å². The molecule has 4 nitrogen and oxygen atoms in total. The van der Waals surface area contributed by atoms with Crippen molar-refractivity contribution in [1.29, 1.82) is 0 Å². The van der Waals surface area contributed by atoms with Crippen LogP contribution in [0.4, 0.5) is 0 Å². The average Bonchev–Trinajstić information content (AvgIpc) is 2.59. The summed E-state index contributed by atoms with van der Waals surface area (Å²) in [6.07, 6.45) is 5.08. The first-order valence-electron chi connectivity index (χ1n) is 6.06. The summed E-state index contributed by atoms with van der Waals surface area (Å²) in [7, 11) is 0. The molecule has 1 aliphatic carbocycles. The number of aromatic nitrogens is 3. The molecule has 1 aromatic rings. The van der Waals surface area contributed by atoms with E-state index in [1.54, 1.807) is 0 Å². The zero-order valence-electron chi connectivity index (χ0n) is 9.24. The number of fused-ring (bicyclic) bond motifs is 1. The first-order valence-corrected chi connectivity index (χ1v) is 6.06. The smallest absolute Gasteiger partial charge is 0.150 e. The summed E-state index contributed by atoms with van der Waals surface area (Å²) in [5.74, 6) is 3.10. The Balaban J connectivity index is 1.94. The van der Waals surface area contributed by atoms with Crippen LogP contribution in [0.1, 0.15) is 56.2 Å². The molecule has 2 heterocycles. The number of hydrogen-bond acceptors (Lipinski definition) is 3. The minimum absolute atomic E-state index is 0.417. The molecule has 1 N–H and O–H groups in total. The first kappa shape index (κ1) is 9.33. The third-order valence-electron chi connectivity index (χ3n) is 3.72. The van der Waals surface area contributed by atoms with Crippen molar-refractivity contribution in [2.24, 2.45) is 0 Å². The van der Waals surface area contributed by atoms with Crippen LogP contribution < -0.4 is 5.32 Å². The lowest BCUT2D eigenvalue weighted by Gasteiger charge is -2.29. The van der Waals surface area contributed by atoms with Gasteiger partial charge in [0, 0.05) is 19.0 Å². The second-order valence-electron chi connectivity index (χ2n) is 4.61. The van der Waals surface area contributed by atoms with Gasteiger partial charge in [-0.25, -0.2) is 0 Å². The Kier molecular flexibility index (Phi) is 2.24. The minimum atomic E-state index is 0.417. The number of hydrogen-bond donors (Lipinski definition) is 1. The Morgan fingerprint density at radius 3 is 2.80 bits per heavy atom. The second kappa shape index (κ2) is 3.59. The summed E-state index contributed by atoms with van der Waals surface area (Å²) in [4.78, 5) is 0. The highest BCUT2D eigenvalue weighted by Crippen LogP contribution is 2.36. The van der Waals surface area contributed by atoms with Crippen LogP contribution in [0.15, 0.2) is 0 Å². The summed E-state index contributed by atoms with van der Waals surface area (Å²) in [6.45, 7) is 4.30. The van der Waals surface area contributed by atoms with Gasteiger partial charge in [0.25, 0.3) is 0 Å². The second-order valence-corrected chi connectivity index (χ2v) is 4.61. The predicted molar refractivity (Wildman–Crippen MR) is 57.6 cm³/mol. The maximum atomic E-state index is 4.39. The lowest BCUT2D eigenvalue weighted by Crippen LogP contribution is -2.34. The highest BCUT2D eigenvalue weighted by molar-refractivity contribution is 5.09. The average molecular weight is 206 g/mol. The molecule has 4 heteroatoms. The molecule has 0 spiro atoms. The van der Waals surface area contributed by atoms with E-state index in [9.17, 15) is 0 Å². The largest absolute Gasteiger partial charge is 0.312 e. The molecule has 2 aliphatic rings. The van der Waals surface area contributed by atoms with E-state index in [1.807, 2.05) is 0 Å². The summed E-state index contributed by atoms with van der Waals surface area (Å²) in [6, 6.07) is 0.417. The van der Waals surface area contributed by atoms with Gasteiger partial charge in [-0.3, -0.25) is 0 Å². The molecule has 1 unspecified atom stereocenters. The van der Waals surface area contributed by atoms with E-state index in [0.29, 0.717) is 12.0 Å². The molecule has 82 valence electrons. The normalized spacial score (nSPS) is 26.1. The van der Waals surface area contributed by atoms with Crippen LogP contribution in [0.2, 0.25) is 0 Å². The van der Waals surface area contributed by atoms with E-state index >= 15 is 0 Å². The molecule has 0 aromatic carbocycles. The first-order chi connectivity index (χ1) is 7.40. The highest BCUT2D eigenvalue weighted by atomic mass is 15.3. The molecule has 15 heavy (non-hydrogen) atoms. The van der Waals surface area contributed by atoms with Gasteiger partial charge in [-0.2, -0.15) is 0 Å². The van der Waals surface area contributed by atoms with E-state index in [4.69, 9.17) is 0 Å². The SMILES string of the molecule is CCC1NCCn2c(C3CCC3)nnc21. The summed E-state index contributed by atoms with van der Waals surface area (Å²) in [5.41, 5.74) is 0. The molecule has 3 rings (SSSR count). The molecule has 0 radical (unpaired) electrons. The van der Waals surface area contributed by atoms with Crippen molar-refractivity contribution in [3.8, 4) is 0 Å². The number of nitrogens with one attached hydrogen (secondary N) is 1. The van der Waals surface area contributed by atoms with Crippen molar-refractivity contribution in [1.82, 2.24) is 20.1 Å². The quantitative estimate of drug-likeness (QED) is 0.799. The fourth-order valence-corrected chi connectivity index (χ4v) is 2.55. The van der Waals surface area contributed by atoms with Gasteiger partial charge in [0.15, 0.2) is 0 Å². The third-order valence-corrected chi connectivity index (χ3v) is 3.72.